The maximum Gasteiger partial charge on any atom is 0.410 e. The summed E-state index contributed by atoms with van der Waals surface area (Å²) in [5.41, 5.74) is 1.99. The van der Waals surface area contributed by atoms with Crippen LogP contribution in [0.4, 0.5) is 10.7 Å². The second-order valence-electron chi connectivity index (χ2n) is 8.87. The van der Waals surface area contributed by atoms with E-state index < -0.39 is 5.60 Å². The van der Waals surface area contributed by atoms with Crippen LogP contribution in [0.3, 0.4) is 0 Å². The van der Waals surface area contributed by atoms with E-state index in [1.54, 1.807) is 20.3 Å². The van der Waals surface area contributed by atoms with Crippen LogP contribution >= 0.6 is 0 Å². The van der Waals surface area contributed by atoms with Gasteiger partial charge in [0.05, 0.1) is 11.4 Å². The molecule has 0 saturated carbocycles. The van der Waals surface area contributed by atoms with Crippen molar-refractivity contribution in [2.75, 3.05) is 31.1 Å². The highest BCUT2D eigenvalue weighted by atomic mass is 16.6. The van der Waals surface area contributed by atoms with Crippen LogP contribution in [0.2, 0.25) is 0 Å². The number of amides is 1. The number of anilines is 1. The van der Waals surface area contributed by atoms with Crippen molar-refractivity contribution in [2.45, 2.75) is 40.2 Å². The molecular formula is C21H29N9O2. The molecule has 1 amide bonds. The zero-order valence-electron chi connectivity index (χ0n) is 19.4. The second-order valence-corrected chi connectivity index (χ2v) is 8.87. The molecule has 3 aromatic rings. The summed E-state index contributed by atoms with van der Waals surface area (Å²) >= 11 is 0. The fourth-order valence-electron chi connectivity index (χ4n) is 3.41. The minimum Gasteiger partial charge on any atom is -0.444 e. The average molecular weight is 440 g/mol. The molecule has 0 atom stereocenters. The Bertz CT molecular complexity index is 1130. The Morgan fingerprint density at radius 1 is 1.06 bits per heavy atom. The number of hydrogen-bond donors (Lipinski definition) is 0. The van der Waals surface area contributed by atoms with E-state index in [4.69, 9.17) is 4.74 Å². The molecule has 170 valence electrons. The number of hydrogen-bond acceptors (Lipinski definition) is 8. The molecule has 1 aliphatic rings. The van der Waals surface area contributed by atoms with Crippen LogP contribution in [-0.4, -0.2) is 77.1 Å². The number of nitrogens with zero attached hydrogens (tertiary/aromatic N) is 9. The number of carbonyl (C=O) groups excluding carboxylic acids is 1. The minimum atomic E-state index is -0.498. The van der Waals surface area contributed by atoms with Crippen molar-refractivity contribution in [3.8, 4) is 0 Å². The molecule has 1 saturated heterocycles. The van der Waals surface area contributed by atoms with Gasteiger partial charge in [-0.2, -0.15) is 4.98 Å². The van der Waals surface area contributed by atoms with Crippen molar-refractivity contribution >= 4 is 29.8 Å². The SMILES string of the molecule is Cc1ncc(C)n2nc(/C=C/c3nc(N4CCN(C(=O)OC(C)(C)C)CC4)nn3C)nc12. The van der Waals surface area contributed by atoms with E-state index in [1.165, 1.54) is 0 Å². The Morgan fingerprint density at radius 3 is 2.44 bits per heavy atom. The summed E-state index contributed by atoms with van der Waals surface area (Å²) in [7, 11) is 1.85. The maximum absolute atomic E-state index is 12.3. The third-order valence-electron chi connectivity index (χ3n) is 5.11. The lowest BCUT2D eigenvalue weighted by Gasteiger charge is -2.35. The van der Waals surface area contributed by atoms with Crippen LogP contribution in [0.25, 0.3) is 17.8 Å². The fraction of sp³-hybridized carbons (Fsp3) is 0.524. The first kappa shape index (κ1) is 21.7. The Labute approximate surface area is 186 Å². The van der Waals surface area contributed by atoms with Crippen LogP contribution in [0.1, 0.15) is 43.8 Å². The highest BCUT2D eigenvalue weighted by molar-refractivity contribution is 5.68. The molecule has 1 fully saturated rings. The van der Waals surface area contributed by atoms with Gasteiger partial charge in [-0.3, -0.25) is 4.98 Å². The number of aryl methyl sites for hydroxylation is 3. The molecule has 4 heterocycles. The molecule has 3 aromatic heterocycles. The third kappa shape index (κ3) is 4.56. The van der Waals surface area contributed by atoms with Crippen molar-refractivity contribution in [1.82, 2.24) is 39.2 Å². The Balaban J connectivity index is 1.43. The molecule has 0 spiro atoms. The number of aromatic nitrogens is 7. The van der Waals surface area contributed by atoms with Gasteiger partial charge in [0.25, 0.3) is 0 Å². The molecule has 32 heavy (non-hydrogen) atoms. The second kappa shape index (κ2) is 8.21. The number of ether oxygens (including phenoxy) is 1. The number of carbonyl (C=O) groups is 1. The van der Waals surface area contributed by atoms with Gasteiger partial charge in [-0.05, 0) is 46.8 Å². The van der Waals surface area contributed by atoms with Gasteiger partial charge >= 0.3 is 6.09 Å². The molecule has 11 nitrogen and oxygen atoms in total. The predicted octanol–water partition coefficient (Wildman–Crippen LogP) is 2.10. The van der Waals surface area contributed by atoms with Crippen LogP contribution < -0.4 is 4.90 Å². The van der Waals surface area contributed by atoms with Gasteiger partial charge in [0.1, 0.15) is 5.60 Å². The highest BCUT2D eigenvalue weighted by Gasteiger charge is 2.27. The minimum absolute atomic E-state index is 0.282. The molecule has 11 heteroatoms. The summed E-state index contributed by atoms with van der Waals surface area (Å²) in [6, 6.07) is 0. The van der Waals surface area contributed by atoms with Gasteiger partial charge in [0.2, 0.25) is 5.95 Å². The molecule has 0 N–H and O–H groups in total. The van der Waals surface area contributed by atoms with E-state index in [1.807, 2.05) is 53.8 Å². The molecule has 0 radical (unpaired) electrons. The number of fused-ring (bicyclic) bond motifs is 1. The first-order valence-corrected chi connectivity index (χ1v) is 10.6. The monoisotopic (exact) mass is 439 g/mol. The first-order chi connectivity index (χ1) is 15.1. The van der Waals surface area contributed by atoms with Gasteiger partial charge in [-0.25, -0.2) is 19.0 Å². The van der Waals surface area contributed by atoms with Gasteiger partial charge in [-0.15, -0.1) is 10.2 Å². The van der Waals surface area contributed by atoms with Crippen LogP contribution in [0.15, 0.2) is 6.20 Å². The normalized spacial score (nSPS) is 15.2. The van der Waals surface area contributed by atoms with E-state index in [-0.39, 0.29) is 6.09 Å². The molecule has 0 aromatic carbocycles. The van der Waals surface area contributed by atoms with E-state index in [0.717, 1.165) is 17.0 Å². The quantitative estimate of drug-likeness (QED) is 0.611. The van der Waals surface area contributed by atoms with Crippen LogP contribution in [-0.2, 0) is 11.8 Å². The van der Waals surface area contributed by atoms with E-state index in [0.29, 0.717) is 43.8 Å². The van der Waals surface area contributed by atoms with E-state index in [2.05, 4.69) is 30.0 Å². The van der Waals surface area contributed by atoms with E-state index >= 15 is 0 Å². The molecular weight excluding hydrogens is 410 g/mol. The lowest BCUT2D eigenvalue weighted by atomic mass is 10.2. The lowest BCUT2D eigenvalue weighted by Crippen LogP contribution is -2.50. The molecule has 4 rings (SSSR count). The average Bonchev–Trinajstić information content (AvgIpc) is 3.33. The van der Waals surface area contributed by atoms with Gasteiger partial charge in [0.15, 0.2) is 17.3 Å². The third-order valence-corrected chi connectivity index (χ3v) is 5.11. The van der Waals surface area contributed by atoms with Crippen molar-refractivity contribution in [2.24, 2.45) is 7.05 Å². The highest BCUT2D eigenvalue weighted by Crippen LogP contribution is 2.16. The number of piperazine rings is 1. The Kier molecular flexibility index (Phi) is 5.57. The van der Waals surface area contributed by atoms with Crippen molar-refractivity contribution in [3.05, 3.63) is 29.2 Å². The van der Waals surface area contributed by atoms with Crippen LogP contribution in [0.5, 0.6) is 0 Å². The fourth-order valence-corrected chi connectivity index (χ4v) is 3.41. The van der Waals surface area contributed by atoms with Crippen molar-refractivity contribution in [3.63, 3.8) is 0 Å². The van der Waals surface area contributed by atoms with Gasteiger partial charge < -0.3 is 14.5 Å². The van der Waals surface area contributed by atoms with E-state index in [9.17, 15) is 4.79 Å². The molecule has 1 aliphatic heterocycles. The largest absolute Gasteiger partial charge is 0.444 e. The number of rotatable bonds is 3. The standard InChI is InChI=1S/C21H29N9O2/c1-14-13-22-15(2)18-23-16(25-30(14)18)7-8-17-24-19(26-27(17)6)28-9-11-29(12-10-28)20(31)32-21(3,4)5/h7-8,13H,9-12H2,1-6H3/b8-7+. The summed E-state index contributed by atoms with van der Waals surface area (Å²) in [6.45, 7) is 11.9. The summed E-state index contributed by atoms with van der Waals surface area (Å²) in [4.78, 5) is 29.6. The smallest absolute Gasteiger partial charge is 0.410 e. The summed E-state index contributed by atoms with van der Waals surface area (Å²) in [6.07, 6.45) is 5.16. The van der Waals surface area contributed by atoms with Crippen molar-refractivity contribution in [1.29, 1.82) is 0 Å². The topological polar surface area (TPSA) is 107 Å². The maximum atomic E-state index is 12.3. The lowest BCUT2D eigenvalue weighted by molar-refractivity contribution is 0.0240. The zero-order chi connectivity index (χ0) is 23.0. The molecule has 0 unspecified atom stereocenters. The predicted molar refractivity (Wildman–Crippen MR) is 120 cm³/mol. The summed E-state index contributed by atoms with van der Waals surface area (Å²) in [5, 5.41) is 9.06. The van der Waals surface area contributed by atoms with Crippen molar-refractivity contribution < 1.29 is 9.53 Å². The molecule has 0 bridgehead atoms. The van der Waals surface area contributed by atoms with Gasteiger partial charge in [0, 0.05) is 39.4 Å². The van der Waals surface area contributed by atoms with Crippen LogP contribution in [0, 0.1) is 13.8 Å². The first-order valence-electron chi connectivity index (χ1n) is 10.6. The Morgan fingerprint density at radius 2 is 1.78 bits per heavy atom. The van der Waals surface area contributed by atoms with Gasteiger partial charge in [-0.1, -0.05) is 0 Å². The Hall–Kier alpha value is -3.50. The molecule has 0 aliphatic carbocycles. The zero-order valence-corrected chi connectivity index (χ0v) is 19.4. The summed E-state index contributed by atoms with van der Waals surface area (Å²) < 4.78 is 8.97. The summed E-state index contributed by atoms with van der Waals surface area (Å²) in [5.74, 6) is 1.91.